The minimum atomic E-state index is -4.07. The first kappa shape index (κ1) is 11.7. The summed E-state index contributed by atoms with van der Waals surface area (Å²) in [4.78, 5) is 0. The fourth-order valence-corrected chi connectivity index (χ4v) is 0.625. The average Bonchev–Trinajstić information content (AvgIpc) is 1.96. The van der Waals surface area contributed by atoms with Crippen LogP contribution >= 0.6 is 0 Å². The van der Waals surface area contributed by atoms with Gasteiger partial charge in [0.1, 0.15) is 0 Å². The predicted molar refractivity (Wildman–Crippen MR) is 39.8 cm³/mol. The minimum absolute atomic E-state index is 0.00778. The van der Waals surface area contributed by atoms with Gasteiger partial charge in [-0.3, -0.25) is 0 Å². The van der Waals surface area contributed by atoms with Gasteiger partial charge in [0.15, 0.2) is 0 Å². The molecule has 2 N–H and O–H groups in total. The Morgan fingerprint density at radius 3 is 2.42 bits per heavy atom. The van der Waals surface area contributed by atoms with Crippen LogP contribution in [0.3, 0.4) is 0 Å². The number of halogens is 3. The smallest absolute Gasteiger partial charge is 0.377 e. The summed E-state index contributed by atoms with van der Waals surface area (Å²) < 4.78 is 39.7. The van der Waals surface area contributed by atoms with Gasteiger partial charge < -0.3 is 10.5 Å². The molecule has 0 radical (unpaired) electrons. The van der Waals surface area contributed by atoms with Crippen molar-refractivity contribution >= 4 is 0 Å². The lowest BCUT2D eigenvalue weighted by Gasteiger charge is -2.10. The number of ether oxygens (including phenoxy) is 1. The molecule has 0 aliphatic rings. The lowest BCUT2D eigenvalue weighted by atomic mass is 10.3. The molecule has 0 aromatic carbocycles. The minimum Gasteiger partial charge on any atom is -0.377 e. The molecule has 12 heavy (non-hydrogen) atoms. The Morgan fingerprint density at radius 2 is 2.00 bits per heavy atom. The van der Waals surface area contributed by atoms with E-state index in [-0.39, 0.29) is 19.1 Å². The Morgan fingerprint density at radius 1 is 1.42 bits per heavy atom. The van der Waals surface area contributed by atoms with Crippen LogP contribution in [0.5, 0.6) is 0 Å². The summed E-state index contributed by atoms with van der Waals surface area (Å²) in [5.74, 6) is 0. The molecule has 0 rings (SSSR count). The molecule has 0 aliphatic carbocycles. The van der Waals surface area contributed by atoms with Crippen molar-refractivity contribution in [2.75, 3.05) is 13.2 Å². The van der Waals surface area contributed by atoms with E-state index in [1.165, 1.54) is 0 Å². The summed E-state index contributed by atoms with van der Waals surface area (Å²) in [6.07, 6.45) is -5.01. The van der Waals surface area contributed by atoms with Gasteiger partial charge in [0, 0.05) is 19.6 Å². The maximum Gasteiger partial charge on any atom is 0.389 e. The first-order valence-corrected chi connectivity index (χ1v) is 3.84. The van der Waals surface area contributed by atoms with E-state index >= 15 is 0 Å². The monoisotopic (exact) mass is 185 g/mol. The molecular weight excluding hydrogens is 171 g/mol. The van der Waals surface area contributed by atoms with Crippen molar-refractivity contribution in [2.24, 2.45) is 5.73 Å². The van der Waals surface area contributed by atoms with E-state index in [9.17, 15) is 13.2 Å². The lowest BCUT2D eigenvalue weighted by molar-refractivity contribution is -0.138. The summed E-state index contributed by atoms with van der Waals surface area (Å²) in [5, 5.41) is 0. The molecule has 1 unspecified atom stereocenters. The summed E-state index contributed by atoms with van der Waals surface area (Å²) in [6.45, 7) is 2.19. The van der Waals surface area contributed by atoms with E-state index in [1.807, 2.05) is 0 Å². The molecule has 0 saturated carbocycles. The molecule has 0 spiro atoms. The maximum atomic E-state index is 11.6. The van der Waals surface area contributed by atoms with Crippen LogP contribution < -0.4 is 5.73 Å². The SMILES string of the molecule is CC(CN)OCCCC(F)(F)F. The van der Waals surface area contributed by atoms with Crippen molar-refractivity contribution in [2.45, 2.75) is 32.0 Å². The topological polar surface area (TPSA) is 35.2 Å². The van der Waals surface area contributed by atoms with Crippen LogP contribution in [-0.4, -0.2) is 25.4 Å². The number of hydrogen-bond donors (Lipinski definition) is 1. The van der Waals surface area contributed by atoms with Gasteiger partial charge in [-0.1, -0.05) is 0 Å². The maximum absolute atomic E-state index is 11.6. The van der Waals surface area contributed by atoms with Gasteiger partial charge in [0.05, 0.1) is 6.10 Å². The third kappa shape index (κ3) is 7.81. The highest BCUT2D eigenvalue weighted by molar-refractivity contribution is 4.52. The van der Waals surface area contributed by atoms with E-state index in [2.05, 4.69) is 0 Å². The zero-order chi connectivity index (χ0) is 9.61. The van der Waals surface area contributed by atoms with Crippen LogP contribution in [0.1, 0.15) is 19.8 Å². The Hall–Kier alpha value is -0.290. The van der Waals surface area contributed by atoms with Crippen molar-refractivity contribution in [3.63, 3.8) is 0 Å². The zero-order valence-electron chi connectivity index (χ0n) is 7.03. The van der Waals surface area contributed by atoms with Crippen molar-refractivity contribution in [1.82, 2.24) is 0 Å². The first-order valence-electron chi connectivity index (χ1n) is 3.84. The van der Waals surface area contributed by atoms with Gasteiger partial charge in [-0.05, 0) is 13.3 Å². The van der Waals surface area contributed by atoms with Crippen LogP contribution in [0.4, 0.5) is 13.2 Å². The molecule has 0 aromatic rings. The highest BCUT2D eigenvalue weighted by atomic mass is 19.4. The van der Waals surface area contributed by atoms with E-state index in [0.717, 1.165) is 0 Å². The molecule has 74 valence electrons. The first-order chi connectivity index (χ1) is 5.45. The van der Waals surface area contributed by atoms with E-state index in [0.29, 0.717) is 6.54 Å². The van der Waals surface area contributed by atoms with Crippen LogP contribution in [0, 0.1) is 0 Å². The van der Waals surface area contributed by atoms with Crippen molar-refractivity contribution in [3.8, 4) is 0 Å². The van der Waals surface area contributed by atoms with Crippen molar-refractivity contribution in [1.29, 1.82) is 0 Å². The van der Waals surface area contributed by atoms with Gasteiger partial charge in [-0.25, -0.2) is 0 Å². The second-order valence-electron chi connectivity index (χ2n) is 2.64. The van der Waals surface area contributed by atoms with Gasteiger partial charge in [-0.15, -0.1) is 0 Å². The van der Waals surface area contributed by atoms with Crippen LogP contribution in [0.15, 0.2) is 0 Å². The molecule has 0 saturated heterocycles. The Labute approximate surface area is 69.9 Å². The molecule has 2 nitrogen and oxygen atoms in total. The molecule has 0 amide bonds. The van der Waals surface area contributed by atoms with Crippen molar-refractivity contribution < 1.29 is 17.9 Å². The number of alkyl halides is 3. The number of rotatable bonds is 5. The second-order valence-corrected chi connectivity index (χ2v) is 2.64. The Bertz CT molecular complexity index is 116. The van der Waals surface area contributed by atoms with E-state index in [4.69, 9.17) is 10.5 Å². The predicted octanol–water partition coefficient (Wildman–Crippen LogP) is 1.69. The second kappa shape index (κ2) is 5.37. The molecule has 0 aromatic heterocycles. The normalized spacial score (nSPS) is 14.8. The molecule has 0 fully saturated rings. The number of hydrogen-bond acceptors (Lipinski definition) is 2. The summed E-state index contributed by atoms with van der Waals surface area (Å²) >= 11 is 0. The Kier molecular flexibility index (Phi) is 5.24. The summed E-state index contributed by atoms with van der Waals surface area (Å²) in [5.41, 5.74) is 5.19. The number of nitrogens with two attached hydrogens (primary N) is 1. The van der Waals surface area contributed by atoms with Gasteiger partial charge in [0.25, 0.3) is 0 Å². The molecule has 0 heterocycles. The van der Waals surface area contributed by atoms with Crippen molar-refractivity contribution in [3.05, 3.63) is 0 Å². The third-order valence-corrected chi connectivity index (χ3v) is 1.34. The standard InChI is InChI=1S/C7H14F3NO/c1-6(5-11)12-4-2-3-7(8,9)10/h6H,2-5,11H2,1H3. The zero-order valence-corrected chi connectivity index (χ0v) is 7.03. The fraction of sp³-hybridized carbons (Fsp3) is 1.00. The summed E-state index contributed by atoms with van der Waals surface area (Å²) in [6, 6.07) is 0. The van der Waals surface area contributed by atoms with Crippen LogP contribution in [0.25, 0.3) is 0 Å². The molecule has 0 aliphatic heterocycles. The average molecular weight is 185 g/mol. The largest absolute Gasteiger partial charge is 0.389 e. The molecule has 1 atom stereocenters. The van der Waals surface area contributed by atoms with Gasteiger partial charge in [0.2, 0.25) is 0 Å². The fourth-order valence-electron chi connectivity index (χ4n) is 0.625. The quantitative estimate of drug-likeness (QED) is 0.661. The highest BCUT2D eigenvalue weighted by Crippen LogP contribution is 2.21. The lowest BCUT2D eigenvalue weighted by Crippen LogP contribution is -2.21. The molecular formula is C7H14F3NO. The van der Waals surface area contributed by atoms with Gasteiger partial charge in [-0.2, -0.15) is 13.2 Å². The highest BCUT2D eigenvalue weighted by Gasteiger charge is 2.25. The van der Waals surface area contributed by atoms with Gasteiger partial charge >= 0.3 is 6.18 Å². The molecule has 5 heteroatoms. The summed E-state index contributed by atoms with van der Waals surface area (Å²) in [7, 11) is 0. The molecule has 0 bridgehead atoms. The van der Waals surface area contributed by atoms with Crippen LogP contribution in [0.2, 0.25) is 0 Å². The Balaban J connectivity index is 3.22. The van der Waals surface area contributed by atoms with E-state index < -0.39 is 12.6 Å². The third-order valence-electron chi connectivity index (χ3n) is 1.34. The van der Waals surface area contributed by atoms with Crippen LogP contribution in [-0.2, 0) is 4.74 Å². The van der Waals surface area contributed by atoms with E-state index in [1.54, 1.807) is 6.92 Å².